The third kappa shape index (κ3) is 5.12. The molecule has 0 radical (unpaired) electrons. The minimum absolute atomic E-state index is 0.0905. The van der Waals surface area contributed by atoms with Crippen molar-refractivity contribution in [1.82, 2.24) is 19.8 Å². The lowest BCUT2D eigenvalue weighted by molar-refractivity contribution is -0.0629. The second kappa shape index (κ2) is 9.49. The van der Waals surface area contributed by atoms with Crippen LogP contribution in [0.3, 0.4) is 0 Å². The van der Waals surface area contributed by atoms with E-state index in [-0.39, 0.29) is 23.7 Å². The van der Waals surface area contributed by atoms with Gasteiger partial charge in [-0.1, -0.05) is 0 Å². The molecule has 4 heterocycles. The van der Waals surface area contributed by atoms with Gasteiger partial charge < -0.3 is 15.4 Å². The highest BCUT2D eigenvalue weighted by molar-refractivity contribution is 5.94. The Balaban J connectivity index is 1.20. The fraction of sp³-hybridized carbons (Fsp3) is 0.500. The first-order chi connectivity index (χ1) is 14.6. The third-order valence-corrected chi connectivity index (χ3v) is 5.90. The SMILES string of the molecule is Nc1cc(CN2CCC(OC3CCN(C(=O)c4ccncc4F)CC3)CC2)ccn1. The lowest BCUT2D eigenvalue weighted by Crippen LogP contribution is -2.43. The van der Waals surface area contributed by atoms with Gasteiger partial charge in [0.05, 0.1) is 24.0 Å². The van der Waals surface area contributed by atoms with Gasteiger partial charge in [0.2, 0.25) is 0 Å². The quantitative estimate of drug-likeness (QED) is 0.811. The molecule has 7 nitrogen and oxygen atoms in total. The second-order valence-electron chi connectivity index (χ2n) is 8.05. The standard InChI is InChI=1S/C22H28FN5O2/c23-20-14-25-7-2-19(20)22(29)28-11-5-18(6-12-28)30-17-3-9-27(10-4-17)15-16-1-8-26-21(24)13-16/h1-2,7-8,13-14,17-18H,3-6,9-12,15H2,(H2,24,26). The number of carbonyl (C=O) groups excluding carboxylic acids is 1. The maximum atomic E-state index is 13.8. The molecule has 2 aromatic heterocycles. The molecule has 30 heavy (non-hydrogen) atoms. The van der Waals surface area contributed by atoms with E-state index in [4.69, 9.17) is 10.5 Å². The number of hydrogen-bond donors (Lipinski definition) is 1. The Morgan fingerprint density at radius 1 is 1.10 bits per heavy atom. The number of amides is 1. The first-order valence-electron chi connectivity index (χ1n) is 10.6. The number of aromatic nitrogens is 2. The fourth-order valence-electron chi connectivity index (χ4n) is 4.24. The molecule has 0 aromatic carbocycles. The largest absolute Gasteiger partial charge is 0.384 e. The monoisotopic (exact) mass is 413 g/mol. The molecule has 2 saturated heterocycles. The average Bonchev–Trinajstić information content (AvgIpc) is 2.76. The molecule has 8 heteroatoms. The number of rotatable bonds is 5. The Morgan fingerprint density at radius 2 is 1.80 bits per heavy atom. The summed E-state index contributed by atoms with van der Waals surface area (Å²) in [7, 11) is 0. The summed E-state index contributed by atoms with van der Waals surface area (Å²) >= 11 is 0. The molecule has 0 atom stereocenters. The predicted molar refractivity (Wildman–Crippen MR) is 111 cm³/mol. The van der Waals surface area contributed by atoms with Crippen molar-refractivity contribution in [3.8, 4) is 0 Å². The van der Waals surface area contributed by atoms with Crippen molar-refractivity contribution in [2.24, 2.45) is 0 Å². The van der Waals surface area contributed by atoms with Crippen molar-refractivity contribution in [3.63, 3.8) is 0 Å². The number of pyridine rings is 2. The van der Waals surface area contributed by atoms with E-state index in [9.17, 15) is 9.18 Å². The van der Waals surface area contributed by atoms with Crippen molar-refractivity contribution >= 4 is 11.7 Å². The van der Waals surface area contributed by atoms with E-state index in [2.05, 4.69) is 14.9 Å². The summed E-state index contributed by atoms with van der Waals surface area (Å²) in [5.41, 5.74) is 7.04. The van der Waals surface area contributed by atoms with E-state index in [1.54, 1.807) is 11.1 Å². The summed E-state index contributed by atoms with van der Waals surface area (Å²) < 4.78 is 20.2. The molecule has 2 fully saturated rings. The molecule has 0 spiro atoms. The molecule has 160 valence electrons. The molecular formula is C22H28FN5O2. The predicted octanol–water partition coefficient (Wildman–Crippen LogP) is 2.48. The summed E-state index contributed by atoms with van der Waals surface area (Å²) in [5.74, 6) is -0.275. The van der Waals surface area contributed by atoms with Crippen LogP contribution < -0.4 is 5.73 Å². The Kier molecular flexibility index (Phi) is 6.54. The van der Waals surface area contributed by atoms with Crippen molar-refractivity contribution in [1.29, 1.82) is 0 Å². The molecule has 0 aliphatic carbocycles. The van der Waals surface area contributed by atoms with Gasteiger partial charge in [-0.3, -0.25) is 14.7 Å². The number of piperidine rings is 2. The second-order valence-corrected chi connectivity index (χ2v) is 8.05. The Morgan fingerprint density at radius 3 is 2.47 bits per heavy atom. The molecule has 1 amide bonds. The Labute approximate surface area is 176 Å². The molecule has 0 unspecified atom stereocenters. The van der Waals surface area contributed by atoms with E-state index in [0.717, 1.165) is 51.5 Å². The van der Waals surface area contributed by atoms with Crippen molar-refractivity contribution < 1.29 is 13.9 Å². The number of hydrogen-bond acceptors (Lipinski definition) is 6. The normalized spacial score (nSPS) is 19.2. The highest BCUT2D eigenvalue weighted by atomic mass is 19.1. The van der Waals surface area contributed by atoms with Crippen LogP contribution >= 0.6 is 0 Å². The Bertz CT molecular complexity index is 864. The summed E-state index contributed by atoms with van der Waals surface area (Å²) in [6, 6.07) is 5.37. The van der Waals surface area contributed by atoms with Crippen molar-refractivity contribution in [2.45, 2.75) is 44.4 Å². The zero-order chi connectivity index (χ0) is 20.9. The zero-order valence-electron chi connectivity index (χ0n) is 17.0. The number of anilines is 1. The zero-order valence-corrected chi connectivity index (χ0v) is 17.0. The lowest BCUT2D eigenvalue weighted by Gasteiger charge is -2.37. The highest BCUT2D eigenvalue weighted by Gasteiger charge is 2.28. The molecule has 0 saturated carbocycles. The average molecular weight is 413 g/mol. The minimum atomic E-state index is -0.568. The van der Waals surface area contributed by atoms with Gasteiger partial charge in [0.25, 0.3) is 5.91 Å². The van der Waals surface area contributed by atoms with Crippen LogP contribution in [0.25, 0.3) is 0 Å². The summed E-state index contributed by atoms with van der Waals surface area (Å²) in [6.07, 6.45) is 8.27. The van der Waals surface area contributed by atoms with E-state index < -0.39 is 5.82 Å². The third-order valence-electron chi connectivity index (χ3n) is 5.90. The van der Waals surface area contributed by atoms with E-state index in [1.165, 1.54) is 17.8 Å². The number of nitrogen functional groups attached to an aromatic ring is 1. The first kappa shape index (κ1) is 20.7. The van der Waals surface area contributed by atoms with Gasteiger partial charge in [-0.15, -0.1) is 0 Å². The van der Waals surface area contributed by atoms with Crippen LogP contribution in [0.1, 0.15) is 41.6 Å². The summed E-state index contributed by atoms with van der Waals surface area (Å²) in [6.45, 7) is 4.05. The molecular weight excluding hydrogens is 385 g/mol. The van der Waals surface area contributed by atoms with Gasteiger partial charge in [0.15, 0.2) is 5.82 Å². The van der Waals surface area contributed by atoms with Gasteiger partial charge in [0, 0.05) is 45.1 Å². The maximum Gasteiger partial charge on any atom is 0.256 e. The van der Waals surface area contributed by atoms with Crippen molar-refractivity contribution in [2.75, 3.05) is 31.9 Å². The number of carbonyl (C=O) groups is 1. The number of ether oxygens (including phenoxy) is 1. The molecule has 2 aliphatic heterocycles. The minimum Gasteiger partial charge on any atom is -0.384 e. The molecule has 4 rings (SSSR count). The van der Waals surface area contributed by atoms with E-state index >= 15 is 0 Å². The van der Waals surface area contributed by atoms with Crippen LogP contribution in [0, 0.1) is 5.82 Å². The van der Waals surface area contributed by atoms with Gasteiger partial charge >= 0.3 is 0 Å². The molecule has 2 aliphatic rings. The molecule has 2 aromatic rings. The van der Waals surface area contributed by atoms with Crippen LogP contribution in [0.4, 0.5) is 10.2 Å². The first-order valence-corrected chi connectivity index (χ1v) is 10.6. The number of nitrogens with zero attached hydrogens (tertiary/aromatic N) is 4. The van der Waals surface area contributed by atoms with Gasteiger partial charge in [-0.25, -0.2) is 9.37 Å². The summed E-state index contributed by atoms with van der Waals surface area (Å²) in [5, 5.41) is 0. The fourth-order valence-corrected chi connectivity index (χ4v) is 4.24. The number of halogens is 1. The highest BCUT2D eigenvalue weighted by Crippen LogP contribution is 2.23. The lowest BCUT2D eigenvalue weighted by atomic mass is 10.0. The number of likely N-dealkylation sites (tertiary alicyclic amines) is 2. The van der Waals surface area contributed by atoms with Crippen LogP contribution in [0.15, 0.2) is 36.8 Å². The van der Waals surface area contributed by atoms with Crippen molar-refractivity contribution in [3.05, 3.63) is 53.7 Å². The van der Waals surface area contributed by atoms with Crippen LogP contribution in [0.2, 0.25) is 0 Å². The van der Waals surface area contributed by atoms with E-state index in [1.807, 2.05) is 12.1 Å². The van der Waals surface area contributed by atoms with Crippen LogP contribution in [-0.4, -0.2) is 64.1 Å². The Hall–Kier alpha value is -2.58. The molecule has 0 bridgehead atoms. The molecule has 2 N–H and O–H groups in total. The van der Waals surface area contributed by atoms with Gasteiger partial charge in [-0.2, -0.15) is 0 Å². The topological polar surface area (TPSA) is 84.6 Å². The van der Waals surface area contributed by atoms with Gasteiger partial charge in [0.1, 0.15) is 5.82 Å². The van der Waals surface area contributed by atoms with Gasteiger partial charge in [-0.05, 0) is 49.4 Å². The smallest absolute Gasteiger partial charge is 0.256 e. The van der Waals surface area contributed by atoms with Crippen LogP contribution in [-0.2, 0) is 11.3 Å². The summed E-state index contributed by atoms with van der Waals surface area (Å²) in [4.78, 5) is 24.4. The number of nitrogens with two attached hydrogens (primary N) is 1. The van der Waals surface area contributed by atoms with Crippen LogP contribution in [0.5, 0.6) is 0 Å². The van der Waals surface area contributed by atoms with E-state index in [0.29, 0.717) is 18.9 Å². The maximum absolute atomic E-state index is 13.8.